The Morgan fingerprint density at radius 1 is 1.33 bits per heavy atom. The molecular formula is C11H8ClN3O2S. The van der Waals surface area contributed by atoms with Gasteiger partial charge in [0.25, 0.3) is 9.05 Å². The molecule has 92 valence electrons. The first-order valence-corrected chi connectivity index (χ1v) is 7.26. The van der Waals surface area contributed by atoms with Crippen molar-refractivity contribution in [3.8, 4) is 11.8 Å². The van der Waals surface area contributed by atoms with Gasteiger partial charge in [-0.05, 0) is 19.1 Å². The van der Waals surface area contributed by atoms with Crippen LogP contribution < -0.4 is 0 Å². The predicted octanol–water partition coefficient (Wildman–Crippen LogP) is 1.98. The fourth-order valence-electron chi connectivity index (χ4n) is 1.60. The molecule has 0 radical (unpaired) electrons. The number of aromatic nitrogens is 2. The van der Waals surface area contributed by atoms with Crippen molar-refractivity contribution in [3.05, 3.63) is 41.6 Å². The highest BCUT2D eigenvalue weighted by Crippen LogP contribution is 2.25. The van der Waals surface area contributed by atoms with E-state index < -0.39 is 9.05 Å². The number of benzene rings is 1. The molecule has 2 aromatic rings. The van der Waals surface area contributed by atoms with E-state index in [1.54, 1.807) is 37.3 Å². The van der Waals surface area contributed by atoms with E-state index in [-0.39, 0.29) is 10.6 Å². The topological polar surface area (TPSA) is 75.8 Å². The van der Waals surface area contributed by atoms with Gasteiger partial charge in [-0.2, -0.15) is 10.4 Å². The number of nitriles is 1. The van der Waals surface area contributed by atoms with Crippen LogP contribution in [-0.4, -0.2) is 18.2 Å². The van der Waals surface area contributed by atoms with Crippen LogP contribution in [0.1, 0.15) is 11.3 Å². The first-order valence-electron chi connectivity index (χ1n) is 4.95. The molecule has 0 aliphatic rings. The minimum atomic E-state index is -4.05. The minimum absolute atomic E-state index is 0.0335. The average molecular weight is 282 g/mol. The number of rotatable bonds is 2. The van der Waals surface area contributed by atoms with E-state index >= 15 is 0 Å². The fourth-order valence-corrected chi connectivity index (χ4v) is 2.82. The molecule has 0 bridgehead atoms. The van der Waals surface area contributed by atoms with E-state index in [9.17, 15) is 8.42 Å². The third-order valence-corrected chi connectivity index (χ3v) is 3.64. The maximum atomic E-state index is 11.6. The van der Waals surface area contributed by atoms with Gasteiger partial charge in [0, 0.05) is 10.7 Å². The highest BCUT2D eigenvalue weighted by molar-refractivity contribution is 8.13. The van der Waals surface area contributed by atoms with Crippen molar-refractivity contribution in [2.75, 3.05) is 0 Å². The van der Waals surface area contributed by atoms with E-state index in [1.807, 2.05) is 6.07 Å². The summed E-state index contributed by atoms with van der Waals surface area (Å²) >= 11 is 0. The van der Waals surface area contributed by atoms with E-state index in [2.05, 4.69) is 5.10 Å². The first kappa shape index (κ1) is 12.6. The second-order valence-corrected chi connectivity index (χ2v) is 6.04. The number of nitrogens with zero attached hydrogens (tertiary/aromatic N) is 3. The summed E-state index contributed by atoms with van der Waals surface area (Å²) < 4.78 is 24.3. The molecule has 18 heavy (non-hydrogen) atoms. The molecular weight excluding hydrogens is 274 g/mol. The Kier molecular flexibility index (Phi) is 3.11. The van der Waals surface area contributed by atoms with Gasteiger partial charge in [0.1, 0.15) is 11.6 Å². The van der Waals surface area contributed by atoms with Gasteiger partial charge in [0.05, 0.1) is 11.4 Å². The molecule has 0 fully saturated rings. The van der Waals surface area contributed by atoms with Crippen LogP contribution in [0.15, 0.2) is 35.4 Å². The van der Waals surface area contributed by atoms with Gasteiger partial charge in [0.15, 0.2) is 5.03 Å². The monoisotopic (exact) mass is 281 g/mol. The van der Waals surface area contributed by atoms with Crippen LogP contribution in [0.2, 0.25) is 0 Å². The van der Waals surface area contributed by atoms with E-state index in [1.165, 1.54) is 0 Å². The Bertz CT molecular complexity index is 730. The highest BCUT2D eigenvalue weighted by Gasteiger charge is 2.26. The summed E-state index contributed by atoms with van der Waals surface area (Å²) in [5, 5.41) is 12.7. The summed E-state index contributed by atoms with van der Waals surface area (Å²) in [6.07, 6.45) is 0. The molecule has 1 aromatic carbocycles. The van der Waals surface area contributed by atoms with Crippen LogP contribution >= 0.6 is 10.7 Å². The summed E-state index contributed by atoms with van der Waals surface area (Å²) in [7, 11) is 1.32. The van der Waals surface area contributed by atoms with Gasteiger partial charge in [0.2, 0.25) is 0 Å². The summed E-state index contributed by atoms with van der Waals surface area (Å²) in [4.78, 5) is 0. The average Bonchev–Trinajstić information content (AvgIpc) is 2.67. The Morgan fingerprint density at radius 3 is 2.44 bits per heavy atom. The molecule has 7 heteroatoms. The van der Waals surface area contributed by atoms with Crippen LogP contribution in [0.25, 0.3) is 5.69 Å². The van der Waals surface area contributed by atoms with E-state index in [0.717, 1.165) is 4.68 Å². The molecule has 0 aliphatic carbocycles. The standard InChI is InChI=1S/C11H8ClN3O2S/c1-8-10(7-13)11(18(12,16)17)15(14-8)9-5-3-2-4-6-9/h2-6H,1H3. The molecule has 5 nitrogen and oxygen atoms in total. The zero-order chi connectivity index (χ0) is 13.3. The van der Waals surface area contributed by atoms with Crippen molar-refractivity contribution in [2.24, 2.45) is 0 Å². The molecule has 0 unspecified atom stereocenters. The highest BCUT2D eigenvalue weighted by atomic mass is 35.7. The normalized spacial score (nSPS) is 11.2. The summed E-state index contributed by atoms with van der Waals surface area (Å²) in [5.41, 5.74) is 0.816. The van der Waals surface area contributed by atoms with Crippen LogP contribution in [0.3, 0.4) is 0 Å². The second-order valence-electron chi connectivity index (χ2n) is 3.56. The lowest BCUT2D eigenvalue weighted by atomic mass is 10.3. The van der Waals surface area contributed by atoms with Crippen molar-refractivity contribution in [2.45, 2.75) is 11.9 Å². The molecule has 0 spiro atoms. The molecule has 2 rings (SSSR count). The minimum Gasteiger partial charge on any atom is -0.219 e. The SMILES string of the molecule is Cc1nn(-c2ccccc2)c(S(=O)(=O)Cl)c1C#N. The van der Waals surface area contributed by atoms with Gasteiger partial charge < -0.3 is 0 Å². The number of hydrogen-bond acceptors (Lipinski definition) is 4. The van der Waals surface area contributed by atoms with Gasteiger partial charge in [-0.3, -0.25) is 0 Å². The molecule has 0 amide bonds. The zero-order valence-electron chi connectivity index (χ0n) is 9.33. The third kappa shape index (κ3) is 2.10. The van der Waals surface area contributed by atoms with E-state index in [4.69, 9.17) is 15.9 Å². The molecule has 0 atom stereocenters. The van der Waals surface area contributed by atoms with Crippen LogP contribution in [0, 0.1) is 18.3 Å². The molecule has 0 saturated carbocycles. The lowest BCUT2D eigenvalue weighted by molar-refractivity contribution is 0.599. The predicted molar refractivity (Wildman–Crippen MR) is 66.1 cm³/mol. The molecule has 0 saturated heterocycles. The van der Waals surface area contributed by atoms with Crippen molar-refractivity contribution in [1.29, 1.82) is 5.26 Å². The maximum absolute atomic E-state index is 11.6. The Labute approximate surface area is 109 Å². The smallest absolute Gasteiger partial charge is 0.219 e. The van der Waals surface area contributed by atoms with Gasteiger partial charge >= 0.3 is 0 Å². The van der Waals surface area contributed by atoms with Crippen molar-refractivity contribution in [3.63, 3.8) is 0 Å². The third-order valence-electron chi connectivity index (χ3n) is 2.36. The van der Waals surface area contributed by atoms with Crippen molar-refractivity contribution in [1.82, 2.24) is 9.78 Å². The summed E-state index contributed by atoms with van der Waals surface area (Å²) in [6, 6.07) is 10.4. The van der Waals surface area contributed by atoms with Crippen molar-refractivity contribution >= 4 is 19.7 Å². The van der Waals surface area contributed by atoms with Gasteiger partial charge in [-0.1, -0.05) is 18.2 Å². The Morgan fingerprint density at radius 2 is 1.94 bits per heavy atom. The number of hydrogen-bond donors (Lipinski definition) is 0. The van der Waals surface area contributed by atoms with E-state index in [0.29, 0.717) is 11.4 Å². The lowest BCUT2D eigenvalue weighted by Crippen LogP contribution is -2.05. The Hall–Kier alpha value is -1.84. The molecule has 0 N–H and O–H groups in total. The summed E-state index contributed by atoms with van der Waals surface area (Å²) in [5.74, 6) is 0. The molecule has 0 aliphatic heterocycles. The number of aryl methyl sites for hydroxylation is 1. The van der Waals surface area contributed by atoms with Crippen molar-refractivity contribution < 1.29 is 8.42 Å². The van der Waals surface area contributed by atoms with Gasteiger partial charge in [-0.15, -0.1) is 0 Å². The molecule has 1 aromatic heterocycles. The van der Waals surface area contributed by atoms with Crippen LogP contribution in [-0.2, 0) is 9.05 Å². The fraction of sp³-hybridized carbons (Fsp3) is 0.0909. The Balaban J connectivity index is 2.83. The second kappa shape index (κ2) is 4.44. The van der Waals surface area contributed by atoms with Crippen LogP contribution in [0.4, 0.5) is 0 Å². The molecule has 1 heterocycles. The lowest BCUT2D eigenvalue weighted by Gasteiger charge is -2.04. The maximum Gasteiger partial charge on any atom is 0.280 e. The summed E-state index contributed by atoms with van der Waals surface area (Å²) in [6.45, 7) is 1.56. The number of para-hydroxylation sites is 1. The van der Waals surface area contributed by atoms with Gasteiger partial charge in [-0.25, -0.2) is 13.1 Å². The van der Waals surface area contributed by atoms with Crippen LogP contribution in [0.5, 0.6) is 0 Å². The quantitative estimate of drug-likeness (QED) is 0.789. The number of halogens is 1. The zero-order valence-corrected chi connectivity index (χ0v) is 10.9. The first-order chi connectivity index (χ1) is 8.45. The largest absolute Gasteiger partial charge is 0.280 e.